The zero-order valence-electron chi connectivity index (χ0n) is 14.1. The van der Waals surface area contributed by atoms with Crippen LogP contribution >= 0.6 is 0 Å². The largest absolute Gasteiger partial charge is 0.497 e. The molecule has 1 fully saturated rings. The molecular weight excluding hydrogens is 329 g/mol. The summed E-state index contributed by atoms with van der Waals surface area (Å²) >= 11 is 0. The Balaban J connectivity index is 1.64. The van der Waals surface area contributed by atoms with Gasteiger partial charge >= 0.3 is 6.18 Å². The molecule has 0 atom stereocenters. The zero-order valence-corrected chi connectivity index (χ0v) is 14.1. The number of ether oxygens (including phenoxy) is 1. The summed E-state index contributed by atoms with van der Waals surface area (Å²) in [6.45, 7) is 3.33. The lowest BCUT2D eigenvalue weighted by Gasteiger charge is -2.36. The molecule has 0 aliphatic carbocycles. The minimum Gasteiger partial charge on any atom is -0.497 e. The lowest BCUT2D eigenvalue weighted by Crippen LogP contribution is -2.46. The van der Waals surface area contributed by atoms with Crippen molar-refractivity contribution in [2.45, 2.75) is 12.7 Å². The molecule has 0 aromatic heterocycles. The molecule has 0 saturated carbocycles. The van der Waals surface area contributed by atoms with Crippen LogP contribution < -0.4 is 9.64 Å². The second-order valence-corrected chi connectivity index (χ2v) is 6.12. The molecule has 134 valence electrons. The van der Waals surface area contributed by atoms with Gasteiger partial charge in [-0.25, -0.2) is 0 Å². The quantitative estimate of drug-likeness (QED) is 0.828. The molecule has 1 aliphatic heterocycles. The highest BCUT2D eigenvalue weighted by Gasteiger charge is 2.33. The molecule has 25 heavy (non-hydrogen) atoms. The van der Waals surface area contributed by atoms with Gasteiger partial charge in [0.25, 0.3) is 0 Å². The fraction of sp³-hybridized carbons (Fsp3) is 0.368. The van der Waals surface area contributed by atoms with Crippen LogP contribution in [0.25, 0.3) is 0 Å². The third-order valence-electron chi connectivity index (χ3n) is 4.51. The molecule has 1 aliphatic rings. The maximum absolute atomic E-state index is 13.1. The van der Waals surface area contributed by atoms with E-state index in [-0.39, 0.29) is 0 Å². The van der Waals surface area contributed by atoms with E-state index in [0.717, 1.165) is 43.7 Å². The van der Waals surface area contributed by atoms with E-state index in [1.807, 2.05) is 24.3 Å². The van der Waals surface area contributed by atoms with Gasteiger partial charge in [-0.15, -0.1) is 0 Å². The SMILES string of the molecule is COc1cccc(N2CCN(Cc3ccccc3C(F)(F)F)CC2)c1. The van der Waals surface area contributed by atoms with Crippen molar-refractivity contribution in [1.29, 1.82) is 0 Å². The van der Waals surface area contributed by atoms with Gasteiger partial charge in [-0.2, -0.15) is 13.2 Å². The molecule has 0 unspecified atom stereocenters. The number of benzene rings is 2. The van der Waals surface area contributed by atoms with Crippen LogP contribution in [-0.2, 0) is 12.7 Å². The van der Waals surface area contributed by atoms with Crippen LogP contribution in [0.4, 0.5) is 18.9 Å². The number of methoxy groups -OCH3 is 1. The molecule has 3 nitrogen and oxygen atoms in total. The van der Waals surface area contributed by atoms with Crippen LogP contribution in [0.5, 0.6) is 5.75 Å². The minimum atomic E-state index is -4.31. The van der Waals surface area contributed by atoms with Crippen LogP contribution in [0.1, 0.15) is 11.1 Å². The summed E-state index contributed by atoms with van der Waals surface area (Å²) < 4.78 is 44.6. The van der Waals surface area contributed by atoms with Crippen molar-refractivity contribution >= 4 is 5.69 Å². The Hall–Kier alpha value is -2.21. The summed E-state index contributed by atoms with van der Waals surface area (Å²) in [6.07, 6.45) is -4.31. The average molecular weight is 350 g/mol. The average Bonchev–Trinajstić information content (AvgIpc) is 2.62. The highest BCUT2D eigenvalue weighted by molar-refractivity contribution is 5.51. The Morgan fingerprint density at radius 2 is 1.68 bits per heavy atom. The predicted molar refractivity (Wildman–Crippen MR) is 91.9 cm³/mol. The second-order valence-electron chi connectivity index (χ2n) is 6.12. The van der Waals surface area contributed by atoms with Crippen molar-refractivity contribution in [3.8, 4) is 5.75 Å². The molecule has 1 heterocycles. The number of rotatable bonds is 4. The van der Waals surface area contributed by atoms with Gasteiger partial charge < -0.3 is 9.64 Å². The van der Waals surface area contributed by atoms with Gasteiger partial charge in [0.2, 0.25) is 0 Å². The molecule has 6 heteroatoms. The second kappa shape index (κ2) is 7.35. The van der Waals surface area contributed by atoms with Crippen LogP contribution in [0.3, 0.4) is 0 Å². The topological polar surface area (TPSA) is 15.7 Å². The molecule has 3 rings (SSSR count). The molecule has 0 radical (unpaired) electrons. The molecule has 1 saturated heterocycles. The number of hydrogen-bond acceptors (Lipinski definition) is 3. The fourth-order valence-electron chi connectivity index (χ4n) is 3.15. The zero-order chi connectivity index (χ0) is 17.9. The summed E-state index contributed by atoms with van der Waals surface area (Å²) in [6, 6.07) is 13.7. The Labute approximate surface area is 145 Å². The number of hydrogen-bond donors (Lipinski definition) is 0. The van der Waals surface area contributed by atoms with Crippen molar-refractivity contribution in [2.75, 3.05) is 38.2 Å². The van der Waals surface area contributed by atoms with Gasteiger partial charge in [-0.05, 0) is 23.8 Å². The summed E-state index contributed by atoms with van der Waals surface area (Å²) in [7, 11) is 1.63. The van der Waals surface area contributed by atoms with Crippen LogP contribution in [0.2, 0.25) is 0 Å². The standard InChI is InChI=1S/C19H21F3N2O/c1-25-17-7-4-6-16(13-17)24-11-9-23(10-12-24)14-15-5-2-3-8-18(15)19(20,21)22/h2-8,13H,9-12,14H2,1H3. The van der Waals surface area contributed by atoms with Crippen molar-refractivity contribution in [2.24, 2.45) is 0 Å². The van der Waals surface area contributed by atoms with Crippen LogP contribution in [0.15, 0.2) is 48.5 Å². The number of anilines is 1. The third kappa shape index (κ3) is 4.25. The molecule has 2 aromatic carbocycles. The van der Waals surface area contributed by atoms with E-state index in [1.54, 1.807) is 19.2 Å². The predicted octanol–water partition coefficient (Wildman–Crippen LogP) is 4.04. The van der Waals surface area contributed by atoms with Crippen molar-refractivity contribution < 1.29 is 17.9 Å². The van der Waals surface area contributed by atoms with Gasteiger partial charge in [0.1, 0.15) is 5.75 Å². The molecule has 0 bridgehead atoms. The molecule has 2 aromatic rings. The first-order valence-corrected chi connectivity index (χ1v) is 8.24. The maximum atomic E-state index is 13.1. The Bertz CT molecular complexity index is 710. The summed E-state index contributed by atoms with van der Waals surface area (Å²) in [4.78, 5) is 4.30. The van der Waals surface area contributed by atoms with Gasteiger partial charge in [0, 0.05) is 44.5 Å². The Kier molecular flexibility index (Phi) is 5.18. The molecule has 0 amide bonds. The van der Waals surface area contributed by atoms with E-state index >= 15 is 0 Å². The van der Waals surface area contributed by atoms with Crippen LogP contribution in [0, 0.1) is 0 Å². The number of nitrogens with zero attached hydrogens (tertiary/aromatic N) is 2. The van der Waals surface area contributed by atoms with Crippen molar-refractivity contribution in [3.63, 3.8) is 0 Å². The highest BCUT2D eigenvalue weighted by atomic mass is 19.4. The van der Waals surface area contributed by atoms with Gasteiger partial charge in [0.15, 0.2) is 0 Å². The molecule has 0 N–H and O–H groups in total. The van der Waals surface area contributed by atoms with Crippen molar-refractivity contribution in [3.05, 3.63) is 59.7 Å². The normalized spacial score (nSPS) is 16.1. The number of piperazine rings is 1. The van der Waals surface area contributed by atoms with E-state index in [2.05, 4.69) is 9.80 Å². The Morgan fingerprint density at radius 3 is 2.36 bits per heavy atom. The highest BCUT2D eigenvalue weighted by Crippen LogP contribution is 2.32. The maximum Gasteiger partial charge on any atom is 0.416 e. The third-order valence-corrected chi connectivity index (χ3v) is 4.51. The van der Waals surface area contributed by atoms with Crippen molar-refractivity contribution in [1.82, 2.24) is 4.90 Å². The summed E-state index contributed by atoms with van der Waals surface area (Å²) in [5.74, 6) is 0.805. The summed E-state index contributed by atoms with van der Waals surface area (Å²) in [5, 5.41) is 0. The lowest BCUT2D eigenvalue weighted by atomic mass is 10.1. The lowest BCUT2D eigenvalue weighted by molar-refractivity contribution is -0.138. The van der Waals surface area contributed by atoms with E-state index in [0.29, 0.717) is 12.1 Å². The first-order chi connectivity index (χ1) is 12.0. The van der Waals surface area contributed by atoms with E-state index in [9.17, 15) is 13.2 Å². The number of halogens is 3. The van der Waals surface area contributed by atoms with Gasteiger partial charge in [-0.1, -0.05) is 24.3 Å². The van der Waals surface area contributed by atoms with E-state index in [4.69, 9.17) is 4.74 Å². The molecule has 0 spiro atoms. The Morgan fingerprint density at radius 1 is 0.960 bits per heavy atom. The van der Waals surface area contributed by atoms with E-state index in [1.165, 1.54) is 6.07 Å². The van der Waals surface area contributed by atoms with E-state index < -0.39 is 11.7 Å². The molecular formula is C19H21F3N2O. The van der Waals surface area contributed by atoms with Crippen LogP contribution in [-0.4, -0.2) is 38.2 Å². The first kappa shape index (κ1) is 17.6. The number of alkyl halides is 3. The summed E-state index contributed by atoms with van der Waals surface area (Å²) in [5.41, 5.74) is 0.879. The monoisotopic (exact) mass is 350 g/mol. The fourth-order valence-corrected chi connectivity index (χ4v) is 3.15. The van der Waals surface area contributed by atoms with Gasteiger partial charge in [0.05, 0.1) is 12.7 Å². The minimum absolute atomic E-state index is 0.321. The smallest absolute Gasteiger partial charge is 0.416 e. The first-order valence-electron chi connectivity index (χ1n) is 8.24. The van der Waals surface area contributed by atoms with Gasteiger partial charge in [-0.3, -0.25) is 4.90 Å².